The van der Waals surface area contributed by atoms with Gasteiger partial charge in [-0.1, -0.05) is 0 Å². The van der Waals surface area contributed by atoms with Crippen LogP contribution in [0.2, 0.25) is 0 Å². The van der Waals surface area contributed by atoms with E-state index in [1.807, 2.05) is 0 Å². The van der Waals surface area contributed by atoms with Gasteiger partial charge in [0.1, 0.15) is 14.2 Å². The summed E-state index contributed by atoms with van der Waals surface area (Å²) in [7, 11) is 2.52. The van der Waals surface area contributed by atoms with Crippen molar-refractivity contribution in [3.8, 4) is 45.8 Å². The molecule has 3 rings (SSSR count). The highest BCUT2D eigenvalue weighted by atomic mass is 16.7. The van der Waals surface area contributed by atoms with Crippen molar-refractivity contribution in [1.29, 1.82) is 0 Å². The van der Waals surface area contributed by atoms with Gasteiger partial charge in [0, 0.05) is 0 Å². The maximum absolute atomic E-state index is 9.83. The Labute approximate surface area is 100 Å². The van der Waals surface area contributed by atoms with E-state index < -0.39 is 0 Å². The molecule has 0 spiro atoms. The van der Waals surface area contributed by atoms with Crippen LogP contribution in [0.15, 0.2) is 0 Å². The minimum absolute atomic E-state index is 0.202. The van der Waals surface area contributed by atoms with Crippen LogP contribution >= 0.6 is 0 Å². The number of fused-ring (bicyclic) bond motifs is 4. The van der Waals surface area contributed by atoms with Crippen molar-refractivity contribution in [1.82, 2.24) is 9.46 Å². The number of rotatable bonds is 2. The van der Waals surface area contributed by atoms with Crippen molar-refractivity contribution >= 4 is 0 Å². The first-order valence-corrected chi connectivity index (χ1v) is 4.97. The maximum Gasteiger partial charge on any atom is 0.238 e. The van der Waals surface area contributed by atoms with E-state index in [0.717, 1.165) is 9.46 Å². The lowest BCUT2D eigenvalue weighted by Crippen LogP contribution is -2.04. The quantitative estimate of drug-likeness (QED) is 0.507. The molecule has 2 aromatic rings. The average Bonchev–Trinajstić information content (AvgIpc) is 2.59. The average molecular weight is 254 g/mol. The lowest BCUT2D eigenvalue weighted by Gasteiger charge is -2.13. The number of hydrogen-bond acceptors (Lipinski definition) is 6. The monoisotopic (exact) mass is 254 g/mol. The van der Waals surface area contributed by atoms with E-state index in [1.165, 1.54) is 14.2 Å². The van der Waals surface area contributed by atoms with E-state index in [1.54, 1.807) is 0 Å². The standard InChI is InChI=1S/C10H10N2O6/c1-17-11-7(13)3-4(8(11)14)6-5(3)9(15)12(18-2)10(6)16/h13-16H,1-2H3. The fourth-order valence-corrected chi connectivity index (χ4v) is 2.28. The fraction of sp³-hybridized carbons (Fsp3) is 0.200. The molecular formula is C10H10N2O6. The number of hydrogen-bond donors (Lipinski definition) is 4. The Morgan fingerprint density at radius 2 is 0.833 bits per heavy atom. The Hall–Kier alpha value is -2.64. The van der Waals surface area contributed by atoms with E-state index in [9.17, 15) is 20.4 Å². The molecule has 0 saturated carbocycles. The van der Waals surface area contributed by atoms with Crippen LogP contribution in [0.5, 0.6) is 23.5 Å². The van der Waals surface area contributed by atoms with Crippen molar-refractivity contribution in [2.75, 3.05) is 14.2 Å². The van der Waals surface area contributed by atoms with E-state index in [2.05, 4.69) is 0 Å². The molecule has 0 saturated heterocycles. The van der Waals surface area contributed by atoms with Gasteiger partial charge < -0.3 is 30.1 Å². The van der Waals surface area contributed by atoms with Crippen molar-refractivity contribution < 1.29 is 30.1 Å². The Balaban J connectivity index is 2.33. The maximum atomic E-state index is 9.83. The smallest absolute Gasteiger partial charge is 0.238 e. The summed E-state index contributed by atoms with van der Waals surface area (Å²) in [6.45, 7) is 0. The zero-order valence-electron chi connectivity index (χ0n) is 9.50. The third kappa shape index (κ3) is 0.838. The van der Waals surface area contributed by atoms with Gasteiger partial charge in [0.2, 0.25) is 23.5 Å². The summed E-state index contributed by atoms with van der Waals surface area (Å²) in [6, 6.07) is 0. The first-order valence-electron chi connectivity index (χ1n) is 4.97. The van der Waals surface area contributed by atoms with Gasteiger partial charge in [0.15, 0.2) is 0 Å². The predicted octanol–water partition coefficient (Wildman–Crippen LogP) is -0.124. The minimum Gasteiger partial charge on any atom is -0.492 e. The Bertz CT molecular complexity index is 545. The Morgan fingerprint density at radius 1 is 0.611 bits per heavy atom. The summed E-state index contributed by atoms with van der Waals surface area (Å²) in [5.41, 5.74) is 0.807. The molecule has 0 aromatic carbocycles. The van der Waals surface area contributed by atoms with Crippen LogP contribution in [0.4, 0.5) is 0 Å². The first kappa shape index (κ1) is 10.5. The van der Waals surface area contributed by atoms with Crippen LogP contribution in [0.1, 0.15) is 0 Å². The number of aromatic nitrogens is 2. The van der Waals surface area contributed by atoms with Crippen LogP contribution in [0.3, 0.4) is 0 Å². The van der Waals surface area contributed by atoms with E-state index in [4.69, 9.17) is 9.68 Å². The van der Waals surface area contributed by atoms with Crippen LogP contribution < -0.4 is 9.68 Å². The van der Waals surface area contributed by atoms with Gasteiger partial charge in [-0.05, 0) is 0 Å². The van der Waals surface area contributed by atoms with Gasteiger partial charge in [-0.2, -0.15) is 0 Å². The molecule has 0 radical (unpaired) electrons. The lowest BCUT2D eigenvalue weighted by molar-refractivity contribution is 0.118. The molecule has 8 nitrogen and oxygen atoms in total. The molecule has 0 atom stereocenters. The van der Waals surface area contributed by atoms with Gasteiger partial charge in [0.25, 0.3) is 0 Å². The molecule has 2 heterocycles. The molecule has 96 valence electrons. The summed E-state index contributed by atoms with van der Waals surface area (Å²) < 4.78 is 1.58. The van der Waals surface area contributed by atoms with E-state index >= 15 is 0 Å². The second-order valence-corrected chi connectivity index (χ2v) is 3.75. The van der Waals surface area contributed by atoms with Gasteiger partial charge in [-0.25, -0.2) is 0 Å². The molecule has 0 fully saturated rings. The number of aromatic hydroxyl groups is 4. The molecule has 18 heavy (non-hydrogen) atoms. The molecule has 0 unspecified atom stereocenters. The summed E-state index contributed by atoms with van der Waals surface area (Å²) in [4.78, 5) is 9.54. The third-order valence-corrected chi connectivity index (χ3v) is 3.03. The predicted molar refractivity (Wildman–Crippen MR) is 58.5 cm³/mol. The van der Waals surface area contributed by atoms with Crippen molar-refractivity contribution in [3.05, 3.63) is 0 Å². The zero-order valence-corrected chi connectivity index (χ0v) is 9.50. The van der Waals surface area contributed by atoms with Crippen molar-refractivity contribution in [3.63, 3.8) is 0 Å². The number of nitrogens with zero attached hydrogens (tertiary/aromatic N) is 2. The summed E-state index contributed by atoms with van der Waals surface area (Å²) >= 11 is 0. The highest BCUT2D eigenvalue weighted by Crippen LogP contribution is 2.64. The van der Waals surface area contributed by atoms with Crippen LogP contribution in [-0.2, 0) is 0 Å². The first-order chi connectivity index (χ1) is 8.54. The fourth-order valence-electron chi connectivity index (χ4n) is 2.28. The van der Waals surface area contributed by atoms with Crippen molar-refractivity contribution in [2.24, 2.45) is 0 Å². The Kier molecular flexibility index (Phi) is 1.74. The molecule has 2 aromatic heterocycles. The van der Waals surface area contributed by atoms with Gasteiger partial charge in [-0.15, -0.1) is 9.46 Å². The van der Waals surface area contributed by atoms with Crippen molar-refractivity contribution in [2.45, 2.75) is 0 Å². The highest BCUT2D eigenvalue weighted by Gasteiger charge is 2.44. The molecule has 0 aliphatic heterocycles. The molecule has 8 heteroatoms. The summed E-state index contributed by atoms with van der Waals surface area (Å²) in [5.74, 6) is -1.44. The summed E-state index contributed by atoms with van der Waals surface area (Å²) in [5, 5.41) is 39.3. The topological polar surface area (TPSA) is 109 Å². The zero-order chi connectivity index (χ0) is 13.2. The molecule has 1 aliphatic carbocycles. The van der Waals surface area contributed by atoms with Crippen LogP contribution in [-0.4, -0.2) is 44.1 Å². The molecular weight excluding hydrogens is 244 g/mol. The van der Waals surface area contributed by atoms with Gasteiger partial charge >= 0.3 is 0 Å². The highest BCUT2D eigenvalue weighted by molar-refractivity contribution is 6.12. The molecule has 4 N–H and O–H groups in total. The SMILES string of the molecule is COn1c(O)c2c(c1O)-c1c-2c(O)n(OC)c1O. The van der Waals surface area contributed by atoms with Crippen LogP contribution in [0.25, 0.3) is 22.3 Å². The molecule has 0 bridgehead atoms. The molecule has 1 aliphatic rings. The summed E-state index contributed by atoms with van der Waals surface area (Å²) in [6.07, 6.45) is 0. The second kappa shape index (κ2) is 2.97. The van der Waals surface area contributed by atoms with E-state index in [-0.39, 0.29) is 45.8 Å². The molecule has 0 amide bonds. The van der Waals surface area contributed by atoms with Gasteiger partial charge in [-0.3, -0.25) is 0 Å². The lowest BCUT2D eigenvalue weighted by atomic mass is 9.86. The second-order valence-electron chi connectivity index (χ2n) is 3.75. The van der Waals surface area contributed by atoms with Gasteiger partial charge in [0.05, 0.1) is 22.3 Å². The normalized spacial score (nSPS) is 11.7. The van der Waals surface area contributed by atoms with E-state index in [0.29, 0.717) is 0 Å². The minimum atomic E-state index is -0.360. The van der Waals surface area contributed by atoms with Crippen LogP contribution in [0, 0.1) is 0 Å². The Morgan fingerprint density at radius 3 is 1.00 bits per heavy atom. The third-order valence-electron chi connectivity index (χ3n) is 3.03. The largest absolute Gasteiger partial charge is 0.492 e.